The minimum Gasteiger partial charge on any atom is -0.135 e. The van der Waals surface area contributed by atoms with Gasteiger partial charge in [0.25, 0.3) is 0 Å². The van der Waals surface area contributed by atoms with Gasteiger partial charge in [0.05, 0.1) is 0 Å². The Morgan fingerprint density at radius 3 is 1.10 bits per heavy atom. The lowest BCUT2D eigenvalue weighted by atomic mass is 9.89. The molecule has 1 heteroatoms. The molecule has 0 fully saturated rings. The van der Waals surface area contributed by atoms with Crippen molar-refractivity contribution in [3.63, 3.8) is 0 Å². The Balaban J connectivity index is 0.000000453. The van der Waals surface area contributed by atoms with Crippen molar-refractivity contribution in [2.45, 2.75) is 34.6 Å². The van der Waals surface area contributed by atoms with Crippen LogP contribution >= 0.6 is 11.3 Å². The summed E-state index contributed by atoms with van der Waals surface area (Å²) >= 11 is 1.90. The van der Waals surface area contributed by atoms with Crippen LogP contribution in [0.15, 0.2) is 328 Å². The fourth-order valence-corrected chi connectivity index (χ4v) is 13.7. The summed E-state index contributed by atoms with van der Waals surface area (Å²) in [4.78, 5) is 0. The minimum absolute atomic E-state index is 1.19. The van der Waals surface area contributed by atoms with Crippen molar-refractivity contribution in [1.82, 2.24) is 0 Å². The van der Waals surface area contributed by atoms with Crippen molar-refractivity contribution < 1.29 is 0 Å². The Kier molecular flexibility index (Phi) is 17.4. The maximum absolute atomic E-state index is 3.57. The Bertz CT molecular complexity index is 5190. The zero-order valence-corrected chi connectivity index (χ0v) is 51.6. The van der Waals surface area contributed by atoms with Crippen molar-refractivity contribution in [3.8, 4) is 66.8 Å². The highest BCUT2D eigenvalue weighted by Crippen LogP contribution is 2.47. The van der Waals surface area contributed by atoms with Crippen LogP contribution in [0.4, 0.5) is 0 Å². The number of fused-ring (bicyclic) bond motifs is 12. The molecule has 1 heterocycles. The molecule has 0 N–H and O–H groups in total. The van der Waals surface area contributed by atoms with Crippen LogP contribution in [0, 0.1) is 0 Å². The molecule has 0 aliphatic rings. The first-order valence-corrected chi connectivity index (χ1v) is 31.4. The Morgan fingerprint density at radius 1 is 0.307 bits per heavy atom. The molecule has 424 valence electrons. The first-order chi connectivity index (χ1) is 43.4. The molecule has 0 unspecified atom stereocenters. The second-order valence-corrected chi connectivity index (χ2v) is 23.0. The minimum atomic E-state index is 1.19. The molecule has 0 saturated heterocycles. The summed E-state index contributed by atoms with van der Waals surface area (Å²) < 4.78 is 2.58. The first kappa shape index (κ1) is 58.0. The Hall–Kier alpha value is -10.4. The Labute approximate surface area is 522 Å². The molecule has 0 bridgehead atoms. The number of hydrogen-bond donors (Lipinski definition) is 0. The normalized spacial score (nSPS) is 11.5. The first-order valence-electron chi connectivity index (χ1n) is 30.6. The summed E-state index contributed by atoms with van der Waals surface area (Å²) in [7, 11) is 0. The van der Waals surface area contributed by atoms with Crippen LogP contribution in [-0.4, -0.2) is 0 Å². The predicted molar refractivity (Wildman–Crippen MR) is 392 cm³/mol. The van der Waals surface area contributed by atoms with E-state index in [2.05, 4.69) is 280 Å². The lowest BCUT2D eigenvalue weighted by molar-refractivity contribution is 1.50. The SMILES string of the molecule is C=C/C=C(C)\C=C/C.C=C/C=C\C.CC.c1cc(-c2ccc3sc4c(-c5cccc(-c6cc7ccccc7c7ccccc67)c5)cc(-c5cccc(-c6cc7ccccc7c7ccccc67)c5)cc4c3c2)cc(-c2cc3ccccc3c3ccccc23)c1. The van der Waals surface area contributed by atoms with E-state index in [1.54, 1.807) is 12.2 Å². The van der Waals surface area contributed by atoms with Crippen molar-refractivity contribution >= 4 is 96.1 Å². The predicted octanol–water partition coefficient (Wildman–Crippen LogP) is 26.4. The molecule has 0 nitrogen and oxygen atoms in total. The second-order valence-electron chi connectivity index (χ2n) is 21.9. The molecule has 0 atom stereocenters. The molecule has 0 saturated carbocycles. The zero-order chi connectivity index (χ0) is 60.5. The molecule has 0 spiro atoms. The van der Waals surface area contributed by atoms with E-state index < -0.39 is 0 Å². The van der Waals surface area contributed by atoms with Gasteiger partial charge in [0.2, 0.25) is 0 Å². The summed E-state index contributed by atoms with van der Waals surface area (Å²) in [5.41, 5.74) is 15.9. The van der Waals surface area contributed by atoms with Crippen LogP contribution in [0.1, 0.15) is 34.6 Å². The van der Waals surface area contributed by atoms with E-state index in [4.69, 9.17) is 0 Å². The number of rotatable bonds is 9. The van der Waals surface area contributed by atoms with E-state index in [1.807, 2.05) is 76.3 Å². The summed E-state index contributed by atoms with van der Waals surface area (Å²) in [5.74, 6) is 0. The van der Waals surface area contributed by atoms with Gasteiger partial charge in [0, 0.05) is 25.7 Å². The summed E-state index contributed by atoms with van der Waals surface area (Å²) in [6, 6.07) is 99.6. The van der Waals surface area contributed by atoms with Crippen molar-refractivity contribution in [1.29, 1.82) is 0 Å². The number of hydrogen-bond acceptors (Lipinski definition) is 1. The van der Waals surface area contributed by atoms with Gasteiger partial charge in [-0.2, -0.15) is 0 Å². The third-order valence-electron chi connectivity index (χ3n) is 16.5. The topological polar surface area (TPSA) is 0 Å². The van der Waals surface area contributed by atoms with E-state index >= 15 is 0 Å². The van der Waals surface area contributed by atoms with E-state index in [0.29, 0.717) is 0 Å². The van der Waals surface area contributed by atoms with Gasteiger partial charge in [-0.3, -0.25) is 0 Å². The summed E-state index contributed by atoms with van der Waals surface area (Å²) in [6.45, 7) is 17.0. The number of benzene rings is 14. The third kappa shape index (κ3) is 11.6. The van der Waals surface area contributed by atoms with Crippen LogP contribution < -0.4 is 0 Å². The molecule has 0 radical (unpaired) electrons. The molecule has 88 heavy (non-hydrogen) atoms. The molecule has 1 aromatic heterocycles. The van der Waals surface area contributed by atoms with Gasteiger partial charge < -0.3 is 0 Å². The number of allylic oxidation sites excluding steroid dienone is 8. The van der Waals surface area contributed by atoms with Gasteiger partial charge in [0.15, 0.2) is 0 Å². The maximum Gasteiger partial charge on any atom is 0.0434 e. The lowest BCUT2D eigenvalue weighted by Gasteiger charge is -2.14. The van der Waals surface area contributed by atoms with Gasteiger partial charge in [-0.25, -0.2) is 0 Å². The molecule has 0 aliphatic heterocycles. The van der Waals surface area contributed by atoms with E-state index in [1.165, 1.54) is 157 Å². The second kappa shape index (κ2) is 26.4. The highest BCUT2D eigenvalue weighted by molar-refractivity contribution is 7.26. The zero-order valence-electron chi connectivity index (χ0n) is 50.8. The fourth-order valence-electron chi connectivity index (χ4n) is 12.5. The van der Waals surface area contributed by atoms with E-state index in [9.17, 15) is 0 Å². The van der Waals surface area contributed by atoms with Crippen LogP contribution in [0.5, 0.6) is 0 Å². The molecular formula is C87H70S. The number of thiophene rings is 1. The molecule has 0 aliphatic carbocycles. The van der Waals surface area contributed by atoms with E-state index in [0.717, 1.165) is 0 Å². The Morgan fingerprint density at radius 2 is 0.682 bits per heavy atom. The third-order valence-corrected chi connectivity index (χ3v) is 17.7. The van der Waals surface area contributed by atoms with Crippen LogP contribution in [-0.2, 0) is 0 Å². The fraction of sp³-hybridized carbons (Fsp3) is 0.0575. The van der Waals surface area contributed by atoms with Crippen LogP contribution in [0.25, 0.3) is 152 Å². The van der Waals surface area contributed by atoms with Gasteiger partial charge in [-0.1, -0.05) is 281 Å². The van der Waals surface area contributed by atoms with Gasteiger partial charge in [-0.15, -0.1) is 11.3 Å². The van der Waals surface area contributed by atoms with Gasteiger partial charge >= 0.3 is 0 Å². The quantitative estimate of drug-likeness (QED) is 0.0998. The highest BCUT2D eigenvalue weighted by atomic mass is 32.1. The molecule has 15 aromatic rings. The van der Waals surface area contributed by atoms with Gasteiger partial charge in [-0.05, 0) is 207 Å². The molecule has 15 rings (SSSR count). The van der Waals surface area contributed by atoms with Crippen LogP contribution in [0.2, 0.25) is 0 Å². The van der Waals surface area contributed by atoms with E-state index in [-0.39, 0.29) is 0 Å². The average molecular weight is 1150 g/mol. The average Bonchev–Trinajstić information content (AvgIpc) is 2.29. The molecule has 14 aromatic carbocycles. The van der Waals surface area contributed by atoms with Crippen molar-refractivity contribution in [2.75, 3.05) is 0 Å². The highest BCUT2D eigenvalue weighted by Gasteiger charge is 2.18. The monoisotopic (exact) mass is 1150 g/mol. The lowest BCUT2D eigenvalue weighted by Crippen LogP contribution is -1.88. The molecular weight excluding hydrogens is 1080 g/mol. The summed E-state index contributed by atoms with van der Waals surface area (Å²) in [5, 5.41) is 17.8. The molecule has 0 amide bonds. The van der Waals surface area contributed by atoms with Crippen LogP contribution in [0.3, 0.4) is 0 Å². The van der Waals surface area contributed by atoms with Gasteiger partial charge in [0.1, 0.15) is 0 Å². The van der Waals surface area contributed by atoms with Crippen molar-refractivity contribution in [3.05, 3.63) is 328 Å². The largest absolute Gasteiger partial charge is 0.135 e. The maximum atomic E-state index is 3.57. The van der Waals surface area contributed by atoms with Crippen molar-refractivity contribution in [2.24, 2.45) is 0 Å². The standard InChI is InChI=1S/C72H44S.C8H12.C5H8.C2H6/c1-4-25-56-52(16-1)40-65(62-31-10-7-28-59(56)62)48-21-13-19-45(36-48)47-34-35-71-69(39-47)70-44-55(46-20-14-22-49(37-46)66-41-53-17-2-5-26-57(53)60-29-8-11-32-63(60)66)43-68(72(70)73-71)51-24-15-23-50(38-51)67-42-54-18-3-6-27-58(54)61-30-9-12-33-64(61)67;1-4-6-8(3)7-5-2;1-3-5-4-2;1-2/h1-44H;4-7H,1H2,2-3H3;3-5H,1H2,2H3;1-2H3/b;7-5-,8-6-;5-4-;. The smallest absolute Gasteiger partial charge is 0.0434 e. The summed E-state index contributed by atoms with van der Waals surface area (Å²) in [6.07, 6.45) is 13.4.